The van der Waals surface area contributed by atoms with Crippen LogP contribution in [0, 0.1) is 0 Å². The molecule has 0 aliphatic carbocycles. The molecule has 0 aliphatic heterocycles. The Morgan fingerprint density at radius 3 is 2.64 bits per heavy atom. The third-order valence-electron chi connectivity index (χ3n) is 1.72. The van der Waals surface area contributed by atoms with E-state index < -0.39 is 0 Å². The average molecular weight is 200 g/mol. The van der Waals surface area contributed by atoms with E-state index in [1.165, 1.54) is 12.8 Å². The van der Waals surface area contributed by atoms with Crippen molar-refractivity contribution in [2.75, 3.05) is 13.4 Å². The highest BCUT2D eigenvalue weighted by atomic mass is 16.7. The van der Waals surface area contributed by atoms with E-state index in [4.69, 9.17) is 9.47 Å². The van der Waals surface area contributed by atoms with Gasteiger partial charge in [0, 0.05) is 0 Å². The van der Waals surface area contributed by atoms with E-state index in [0.29, 0.717) is 18.7 Å². The molecule has 0 aromatic carbocycles. The molecule has 0 atom stereocenters. The monoisotopic (exact) mass is 200 g/mol. The lowest BCUT2D eigenvalue weighted by Crippen LogP contribution is -2.02. The van der Waals surface area contributed by atoms with Crippen LogP contribution < -0.4 is 0 Å². The predicted octanol–water partition coefficient (Wildman–Crippen LogP) is 2.66. The van der Waals surface area contributed by atoms with Crippen LogP contribution >= 0.6 is 0 Å². The summed E-state index contributed by atoms with van der Waals surface area (Å²) >= 11 is 0. The number of carbonyl (C=O) groups excluding carboxylic acids is 1. The number of allylic oxidation sites excluding steroid dienone is 2. The van der Waals surface area contributed by atoms with Gasteiger partial charge in [-0.15, -0.1) is 0 Å². The molecule has 0 N–H and O–H groups in total. The third-order valence-corrected chi connectivity index (χ3v) is 1.72. The van der Waals surface area contributed by atoms with Crippen molar-refractivity contribution in [2.24, 2.45) is 0 Å². The smallest absolute Gasteiger partial charge is 0.189 e. The second kappa shape index (κ2) is 10.3. The van der Waals surface area contributed by atoms with Gasteiger partial charge in [0.25, 0.3) is 0 Å². The topological polar surface area (TPSA) is 35.5 Å². The summed E-state index contributed by atoms with van der Waals surface area (Å²) in [6.45, 7) is 4.97. The van der Waals surface area contributed by atoms with Crippen molar-refractivity contribution < 1.29 is 14.3 Å². The third kappa shape index (κ3) is 7.80. The number of hydrogen-bond acceptors (Lipinski definition) is 3. The molecule has 0 rings (SSSR count). The van der Waals surface area contributed by atoms with Gasteiger partial charge in [-0.25, -0.2) is 0 Å². The first-order valence-corrected chi connectivity index (χ1v) is 5.21. The molecule has 3 heteroatoms. The summed E-state index contributed by atoms with van der Waals surface area (Å²) in [5.74, 6) is 0.364. The van der Waals surface area contributed by atoms with Gasteiger partial charge < -0.3 is 9.47 Å². The van der Waals surface area contributed by atoms with Gasteiger partial charge in [0.05, 0.1) is 6.61 Å². The molecule has 0 saturated carbocycles. The number of rotatable bonds is 9. The lowest BCUT2D eigenvalue weighted by Gasteiger charge is -2.05. The highest BCUT2D eigenvalue weighted by Gasteiger charge is 1.94. The first-order chi connectivity index (χ1) is 6.85. The molecular formula is C11H20O3. The van der Waals surface area contributed by atoms with Crippen molar-refractivity contribution in [3.63, 3.8) is 0 Å². The van der Waals surface area contributed by atoms with Gasteiger partial charge in [-0.05, 0) is 18.9 Å². The van der Waals surface area contributed by atoms with Gasteiger partial charge in [-0.3, -0.25) is 4.79 Å². The summed E-state index contributed by atoms with van der Waals surface area (Å²) < 4.78 is 10.3. The Kier molecular flexibility index (Phi) is 9.64. The number of hydrogen-bond donors (Lipinski definition) is 0. The van der Waals surface area contributed by atoms with Crippen LogP contribution in [0.1, 0.15) is 39.5 Å². The molecule has 0 spiro atoms. The minimum atomic E-state index is 0.175. The van der Waals surface area contributed by atoms with E-state index in [0.717, 1.165) is 12.8 Å². The van der Waals surface area contributed by atoms with Crippen molar-refractivity contribution in [1.82, 2.24) is 0 Å². The van der Waals surface area contributed by atoms with Crippen LogP contribution in [-0.4, -0.2) is 19.7 Å². The lowest BCUT2D eigenvalue weighted by atomic mass is 10.3. The number of unbranched alkanes of at least 4 members (excludes halogenated alkanes) is 2. The Balaban J connectivity index is 3.33. The van der Waals surface area contributed by atoms with Gasteiger partial charge in [-0.1, -0.05) is 26.7 Å². The summed E-state index contributed by atoms with van der Waals surface area (Å²) in [5.41, 5.74) is 0. The summed E-state index contributed by atoms with van der Waals surface area (Å²) in [6.07, 6.45) is 6.64. The Hall–Kier alpha value is -0.830. The molecule has 0 saturated heterocycles. The van der Waals surface area contributed by atoms with E-state index in [-0.39, 0.29) is 6.79 Å². The molecule has 0 amide bonds. The molecule has 82 valence electrons. The Morgan fingerprint density at radius 1 is 1.29 bits per heavy atom. The van der Waals surface area contributed by atoms with Crippen LogP contribution in [0.5, 0.6) is 0 Å². The molecule has 0 aliphatic rings. The molecule has 0 aromatic rings. The van der Waals surface area contributed by atoms with Crippen LogP contribution in [0.2, 0.25) is 0 Å². The molecule has 0 radical (unpaired) electrons. The predicted molar refractivity (Wildman–Crippen MR) is 55.9 cm³/mol. The van der Waals surface area contributed by atoms with Gasteiger partial charge in [0.1, 0.15) is 0 Å². The minimum absolute atomic E-state index is 0.175. The van der Waals surface area contributed by atoms with E-state index in [9.17, 15) is 4.79 Å². The van der Waals surface area contributed by atoms with Gasteiger partial charge in [0.15, 0.2) is 18.8 Å². The quantitative estimate of drug-likeness (QED) is 0.189. The largest absolute Gasteiger partial charge is 0.464 e. The van der Waals surface area contributed by atoms with Crippen molar-refractivity contribution in [2.45, 2.75) is 39.5 Å². The maximum atomic E-state index is 10.4. The normalized spacial score (nSPS) is 11.4. The molecule has 14 heavy (non-hydrogen) atoms. The molecule has 0 unspecified atom stereocenters. The Bertz CT molecular complexity index is 164. The van der Waals surface area contributed by atoms with E-state index in [1.54, 1.807) is 6.08 Å². The molecule has 0 bridgehead atoms. The maximum absolute atomic E-state index is 10.4. The number of ether oxygens (including phenoxy) is 2. The maximum Gasteiger partial charge on any atom is 0.189 e. The number of carbonyl (C=O) groups is 1. The fraction of sp³-hybridized carbons (Fsp3) is 0.727. The summed E-state index contributed by atoms with van der Waals surface area (Å²) in [7, 11) is 0. The van der Waals surface area contributed by atoms with E-state index in [1.807, 2.05) is 6.92 Å². The highest BCUT2D eigenvalue weighted by Crippen LogP contribution is 1.98. The van der Waals surface area contributed by atoms with Crippen molar-refractivity contribution >= 4 is 6.29 Å². The first kappa shape index (κ1) is 13.2. The zero-order chi connectivity index (χ0) is 10.6. The Labute approximate surface area is 86.1 Å². The van der Waals surface area contributed by atoms with Gasteiger partial charge >= 0.3 is 0 Å². The van der Waals surface area contributed by atoms with Gasteiger partial charge in [-0.2, -0.15) is 0 Å². The molecular weight excluding hydrogens is 180 g/mol. The lowest BCUT2D eigenvalue weighted by molar-refractivity contribution is -0.111. The minimum Gasteiger partial charge on any atom is -0.464 e. The molecule has 3 nitrogen and oxygen atoms in total. The fourth-order valence-corrected chi connectivity index (χ4v) is 0.965. The van der Waals surface area contributed by atoms with Crippen molar-refractivity contribution in [3.05, 3.63) is 11.8 Å². The second-order valence-corrected chi connectivity index (χ2v) is 3.01. The standard InChI is InChI=1S/C11H20O3/c1-3-5-6-8-13-10-14-11(9-12)7-4-2/h7,9H,3-6,8,10H2,1-2H3. The summed E-state index contributed by atoms with van der Waals surface area (Å²) in [5, 5.41) is 0. The molecule has 0 heterocycles. The zero-order valence-corrected chi connectivity index (χ0v) is 9.12. The van der Waals surface area contributed by atoms with Crippen LogP contribution in [0.3, 0.4) is 0 Å². The van der Waals surface area contributed by atoms with Crippen molar-refractivity contribution in [1.29, 1.82) is 0 Å². The molecule has 0 aromatic heterocycles. The van der Waals surface area contributed by atoms with Gasteiger partial charge in [0.2, 0.25) is 0 Å². The zero-order valence-electron chi connectivity index (χ0n) is 9.12. The van der Waals surface area contributed by atoms with Crippen LogP contribution in [-0.2, 0) is 14.3 Å². The fourth-order valence-electron chi connectivity index (χ4n) is 0.965. The van der Waals surface area contributed by atoms with E-state index >= 15 is 0 Å². The second-order valence-electron chi connectivity index (χ2n) is 3.01. The summed E-state index contributed by atoms with van der Waals surface area (Å²) in [6, 6.07) is 0. The first-order valence-electron chi connectivity index (χ1n) is 5.21. The molecule has 0 fully saturated rings. The average Bonchev–Trinajstić information content (AvgIpc) is 2.21. The Morgan fingerprint density at radius 2 is 2.07 bits per heavy atom. The van der Waals surface area contributed by atoms with Crippen LogP contribution in [0.4, 0.5) is 0 Å². The van der Waals surface area contributed by atoms with Crippen molar-refractivity contribution in [3.8, 4) is 0 Å². The summed E-state index contributed by atoms with van der Waals surface area (Å²) in [4.78, 5) is 10.4. The van der Waals surface area contributed by atoms with Crippen LogP contribution in [0.25, 0.3) is 0 Å². The van der Waals surface area contributed by atoms with Crippen LogP contribution in [0.15, 0.2) is 11.8 Å². The number of aldehydes is 1. The highest BCUT2D eigenvalue weighted by molar-refractivity contribution is 5.69. The van der Waals surface area contributed by atoms with E-state index in [2.05, 4.69) is 6.92 Å². The SMILES string of the molecule is CCC=C(C=O)OCOCCCCC.